The predicted octanol–water partition coefficient (Wildman–Crippen LogP) is 2.22. The molecule has 0 saturated carbocycles. The zero-order chi connectivity index (χ0) is 16.9. The third kappa shape index (κ3) is 4.04. The molecule has 2 aromatic rings. The van der Waals surface area contributed by atoms with Gasteiger partial charge in [0.05, 0.1) is 6.04 Å². The van der Waals surface area contributed by atoms with Crippen molar-refractivity contribution in [3.05, 3.63) is 58.3 Å². The molecule has 3 N–H and O–H groups in total. The van der Waals surface area contributed by atoms with E-state index in [4.69, 9.17) is 5.73 Å². The molecule has 128 valence electrons. The molecule has 1 aliphatic rings. The van der Waals surface area contributed by atoms with Gasteiger partial charge in [-0.15, -0.1) is 11.3 Å². The van der Waals surface area contributed by atoms with E-state index in [0.717, 1.165) is 19.5 Å². The number of carbonyl (C=O) groups excluding carboxylic acids is 1. The molecule has 1 aliphatic heterocycles. The van der Waals surface area contributed by atoms with Gasteiger partial charge >= 0.3 is 0 Å². The fourth-order valence-corrected chi connectivity index (χ4v) is 4.02. The average molecular weight is 343 g/mol. The van der Waals surface area contributed by atoms with Crippen LogP contribution in [-0.2, 0) is 11.2 Å². The summed E-state index contributed by atoms with van der Waals surface area (Å²) in [6, 6.07) is 14.4. The van der Waals surface area contributed by atoms with Crippen LogP contribution < -0.4 is 11.1 Å². The second kappa shape index (κ2) is 7.92. The number of thiophene rings is 1. The van der Waals surface area contributed by atoms with Gasteiger partial charge in [0.15, 0.2) is 0 Å². The Morgan fingerprint density at radius 3 is 2.79 bits per heavy atom. The van der Waals surface area contributed by atoms with Crippen LogP contribution in [0.15, 0.2) is 47.8 Å². The van der Waals surface area contributed by atoms with Crippen molar-refractivity contribution in [2.45, 2.75) is 31.3 Å². The Labute approximate surface area is 147 Å². The first-order chi connectivity index (χ1) is 11.6. The van der Waals surface area contributed by atoms with Crippen molar-refractivity contribution in [3.8, 4) is 0 Å². The molecule has 0 aliphatic carbocycles. The number of hydrogen-bond donors (Lipinski definition) is 2. The first kappa shape index (κ1) is 17.1. The minimum absolute atomic E-state index is 0.0776. The van der Waals surface area contributed by atoms with Gasteiger partial charge in [-0.3, -0.25) is 9.69 Å². The summed E-state index contributed by atoms with van der Waals surface area (Å²) in [6.07, 6.45) is 0.891. The van der Waals surface area contributed by atoms with Gasteiger partial charge in [-0.1, -0.05) is 36.4 Å². The standard InChI is InChI=1S/C19H25N3OS/c1-14(19(23)21-10-9-16-8-5-11-24-16)22-12-17(18(20)13-22)15-6-3-2-4-7-15/h2-8,11,14,17-18H,9-10,12-13,20H2,1H3,(H,21,23)/t14?,17-,18+/m0/s1. The number of carbonyl (C=O) groups is 1. The van der Waals surface area contributed by atoms with Gasteiger partial charge in [0, 0.05) is 36.5 Å². The number of amides is 1. The van der Waals surface area contributed by atoms with E-state index in [1.165, 1.54) is 10.4 Å². The first-order valence-electron chi connectivity index (χ1n) is 8.50. The Bertz CT molecular complexity index is 644. The summed E-state index contributed by atoms with van der Waals surface area (Å²) < 4.78 is 0. The zero-order valence-corrected chi connectivity index (χ0v) is 14.8. The SMILES string of the molecule is CC(C(=O)NCCc1cccs1)N1C[C@@H](N)[C@H](c2ccccc2)C1. The molecular formula is C19H25N3OS. The van der Waals surface area contributed by atoms with Gasteiger partial charge < -0.3 is 11.1 Å². The van der Waals surface area contributed by atoms with E-state index < -0.39 is 0 Å². The van der Waals surface area contributed by atoms with Crippen LogP contribution in [0.2, 0.25) is 0 Å². The van der Waals surface area contributed by atoms with Crippen molar-refractivity contribution in [3.63, 3.8) is 0 Å². The molecule has 0 radical (unpaired) electrons. The van der Waals surface area contributed by atoms with E-state index in [9.17, 15) is 4.79 Å². The zero-order valence-electron chi connectivity index (χ0n) is 14.0. The molecule has 0 bridgehead atoms. The summed E-state index contributed by atoms with van der Waals surface area (Å²) in [5.41, 5.74) is 7.59. The highest BCUT2D eigenvalue weighted by molar-refractivity contribution is 7.09. The Morgan fingerprint density at radius 2 is 2.08 bits per heavy atom. The second-order valence-corrected chi connectivity index (χ2v) is 7.46. The van der Waals surface area contributed by atoms with Crippen molar-refractivity contribution in [1.82, 2.24) is 10.2 Å². The maximum Gasteiger partial charge on any atom is 0.237 e. The molecule has 3 atom stereocenters. The summed E-state index contributed by atoms with van der Waals surface area (Å²) in [6.45, 7) is 4.26. The number of rotatable bonds is 6. The van der Waals surface area contributed by atoms with Gasteiger partial charge in [-0.05, 0) is 30.4 Å². The molecule has 1 unspecified atom stereocenters. The highest BCUT2D eigenvalue weighted by atomic mass is 32.1. The summed E-state index contributed by atoms with van der Waals surface area (Å²) in [5, 5.41) is 5.12. The topological polar surface area (TPSA) is 58.4 Å². The lowest BCUT2D eigenvalue weighted by atomic mass is 9.95. The largest absolute Gasteiger partial charge is 0.354 e. The molecule has 0 spiro atoms. The van der Waals surface area contributed by atoms with Gasteiger partial charge in [-0.2, -0.15) is 0 Å². The van der Waals surface area contributed by atoms with E-state index in [-0.39, 0.29) is 18.0 Å². The summed E-state index contributed by atoms with van der Waals surface area (Å²) in [4.78, 5) is 15.9. The van der Waals surface area contributed by atoms with Crippen molar-refractivity contribution in [1.29, 1.82) is 0 Å². The minimum atomic E-state index is -0.145. The number of hydrogen-bond acceptors (Lipinski definition) is 4. The van der Waals surface area contributed by atoms with Crippen LogP contribution in [0.5, 0.6) is 0 Å². The second-order valence-electron chi connectivity index (χ2n) is 6.43. The van der Waals surface area contributed by atoms with Crippen molar-refractivity contribution in [2.75, 3.05) is 19.6 Å². The Balaban J connectivity index is 1.51. The smallest absolute Gasteiger partial charge is 0.237 e. The predicted molar refractivity (Wildman–Crippen MR) is 99.2 cm³/mol. The highest BCUT2D eigenvalue weighted by Crippen LogP contribution is 2.27. The van der Waals surface area contributed by atoms with Crippen LogP contribution in [0.3, 0.4) is 0 Å². The quantitative estimate of drug-likeness (QED) is 0.845. The minimum Gasteiger partial charge on any atom is -0.354 e. The van der Waals surface area contributed by atoms with Crippen molar-refractivity contribution < 1.29 is 4.79 Å². The normalized spacial score (nSPS) is 22.4. The van der Waals surface area contributed by atoms with E-state index in [1.807, 2.05) is 31.2 Å². The number of nitrogens with one attached hydrogen (secondary N) is 1. The third-order valence-corrected chi connectivity index (χ3v) is 5.74. The van der Waals surface area contributed by atoms with Crippen LogP contribution >= 0.6 is 11.3 Å². The molecule has 4 nitrogen and oxygen atoms in total. The molecule has 1 fully saturated rings. The number of nitrogens with zero attached hydrogens (tertiary/aromatic N) is 1. The highest BCUT2D eigenvalue weighted by Gasteiger charge is 2.35. The van der Waals surface area contributed by atoms with E-state index in [1.54, 1.807) is 11.3 Å². The molecule has 5 heteroatoms. The summed E-state index contributed by atoms with van der Waals surface area (Å²) in [7, 11) is 0. The molecule has 24 heavy (non-hydrogen) atoms. The van der Waals surface area contributed by atoms with E-state index in [2.05, 4.69) is 33.8 Å². The molecule has 1 amide bonds. The lowest BCUT2D eigenvalue weighted by Gasteiger charge is -2.23. The molecule has 1 aromatic heterocycles. The Hall–Kier alpha value is -1.69. The van der Waals surface area contributed by atoms with Gasteiger partial charge in [0.1, 0.15) is 0 Å². The van der Waals surface area contributed by atoms with Crippen molar-refractivity contribution >= 4 is 17.2 Å². The Morgan fingerprint density at radius 1 is 1.29 bits per heavy atom. The van der Waals surface area contributed by atoms with Gasteiger partial charge in [0.2, 0.25) is 5.91 Å². The van der Waals surface area contributed by atoms with Crippen LogP contribution in [-0.4, -0.2) is 42.5 Å². The fourth-order valence-electron chi connectivity index (χ4n) is 3.31. The maximum atomic E-state index is 12.4. The third-order valence-electron chi connectivity index (χ3n) is 4.80. The monoisotopic (exact) mass is 343 g/mol. The number of likely N-dealkylation sites (tertiary alicyclic amines) is 1. The number of nitrogens with two attached hydrogens (primary N) is 1. The average Bonchev–Trinajstić information content (AvgIpc) is 3.24. The van der Waals surface area contributed by atoms with Gasteiger partial charge in [-0.25, -0.2) is 0 Å². The first-order valence-corrected chi connectivity index (χ1v) is 9.38. The van der Waals surface area contributed by atoms with Crippen LogP contribution in [0.1, 0.15) is 23.3 Å². The number of benzene rings is 1. The molecule has 2 heterocycles. The lowest BCUT2D eigenvalue weighted by Crippen LogP contribution is -2.45. The van der Waals surface area contributed by atoms with Crippen LogP contribution in [0.4, 0.5) is 0 Å². The molecule has 3 rings (SSSR count). The molecule has 1 aromatic carbocycles. The molecular weight excluding hydrogens is 318 g/mol. The van der Waals surface area contributed by atoms with Crippen LogP contribution in [0, 0.1) is 0 Å². The Kier molecular flexibility index (Phi) is 5.66. The van der Waals surface area contributed by atoms with Crippen molar-refractivity contribution in [2.24, 2.45) is 5.73 Å². The van der Waals surface area contributed by atoms with Crippen LogP contribution in [0.25, 0.3) is 0 Å². The lowest BCUT2D eigenvalue weighted by molar-refractivity contribution is -0.125. The maximum absolute atomic E-state index is 12.4. The molecule has 1 saturated heterocycles. The summed E-state index contributed by atoms with van der Waals surface area (Å²) in [5.74, 6) is 0.389. The fraction of sp³-hybridized carbons (Fsp3) is 0.421. The summed E-state index contributed by atoms with van der Waals surface area (Å²) >= 11 is 1.73. The van der Waals surface area contributed by atoms with E-state index in [0.29, 0.717) is 12.5 Å². The van der Waals surface area contributed by atoms with Gasteiger partial charge in [0.25, 0.3) is 0 Å². The van der Waals surface area contributed by atoms with E-state index >= 15 is 0 Å².